The molecular formula is C19H18N4O3S. The van der Waals surface area contributed by atoms with E-state index in [1.807, 2.05) is 11.4 Å². The molecule has 2 aromatic heterocycles. The molecule has 8 heteroatoms. The minimum atomic E-state index is -0.352. The van der Waals surface area contributed by atoms with E-state index in [0.717, 1.165) is 29.1 Å². The van der Waals surface area contributed by atoms with Crippen LogP contribution in [0.1, 0.15) is 0 Å². The summed E-state index contributed by atoms with van der Waals surface area (Å²) in [5, 5.41) is 14.7. The van der Waals surface area contributed by atoms with Crippen LogP contribution in [0.15, 0.2) is 42.3 Å². The molecule has 0 spiro atoms. The lowest BCUT2D eigenvalue weighted by molar-refractivity contribution is -0.111. The van der Waals surface area contributed by atoms with Gasteiger partial charge in [0.25, 0.3) is 0 Å². The highest BCUT2D eigenvalue weighted by molar-refractivity contribution is 7.17. The molecule has 3 heterocycles. The van der Waals surface area contributed by atoms with Gasteiger partial charge in [-0.2, -0.15) is 0 Å². The van der Waals surface area contributed by atoms with E-state index in [1.165, 1.54) is 12.1 Å². The number of anilines is 2. The second-order valence-corrected chi connectivity index (χ2v) is 6.98. The van der Waals surface area contributed by atoms with Crippen LogP contribution in [0, 0.1) is 0 Å². The van der Waals surface area contributed by atoms with Gasteiger partial charge in [0, 0.05) is 30.4 Å². The van der Waals surface area contributed by atoms with Gasteiger partial charge in [-0.05, 0) is 29.7 Å². The first-order valence-electron chi connectivity index (χ1n) is 8.50. The summed E-state index contributed by atoms with van der Waals surface area (Å²) >= 11 is 1.60. The number of carbonyl (C=O) groups excluding carboxylic acids is 1. The van der Waals surface area contributed by atoms with Crippen molar-refractivity contribution in [2.45, 2.75) is 0 Å². The van der Waals surface area contributed by atoms with E-state index >= 15 is 0 Å². The molecular weight excluding hydrogens is 364 g/mol. The van der Waals surface area contributed by atoms with Crippen LogP contribution in [-0.2, 0) is 9.53 Å². The maximum absolute atomic E-state index is 11.6. The summed E-state index contributed by atoms with van der Waals surface area (Å²) < 4.78 is 6.47. The fourth-order valence-electron chi connectivity index (χ4n) is 2.97. The van der Waals surface area contributed by atoms with Crippen LogP contribution in [0.3, 0.4) is 0 Å². The Morgan fingerprint density at radius 2 is 2.11 bits per heavy atom. The summed E-state index contributed by atoms with van der Waals surface area (Å²) in [5.41, 5.74) is 1.93. The Bertz CT molecular complexity index is 1010. The second kappa shape index (κ2) is 7.34. The van der Waals surface area contributed by atoms with Crippen molar-refractivity contribution in [3.8, 4) is 17.1 Å². The van der Waals surface area contributed by atoms with Gasteiger partial charge in [0.05, 0.1) is 23.4 Å². The molecule has 0 aliphatic carbocycles. The molecule has 27 heavy (non-hydrogen) atoms. The molecule has 0 atom stereocenters. The number of ether oxygens (including phenoxy) is 1. The lowest BCUT2D eigenvalue weighted by Gasteiger charge is -2.28. The highest BCUT2D eigenvalue weighted by Gasteiger charge is 2.19. The predicted molar refractivity (Wildman–Crippen MR) is 106 cm³/mol. The van der Waals surface area contributed by atoms with Crippen LogP contribution in [0.2, 0.25) is 0 Å². The number of aromatic nitrogens is 2. The van der Waals surface area contributed by atoms with Crippen LogP contribution in [0.25, 0.3) is 21.6 Å². The van der Waals surface area contributed by atoms with E-state index in [9.17, 15) is 9.90 Å². The quantitative estimate of drug-likeness (QED) is 0.675. The molecule has 0 unspecified atom stereocenters. The Hall–Kier alpha value is -2.97. The van der Waals surface area contributed by atoms with Gasteiger partial charge in [-0.15, -0.1) is 11.3 Å². The van der Waals surface area contributed by atoms with Crippen molar-refractivity contribution in [1.82, 2.24) is 9.97 Å². The lowest BCUT2D eigenvalue weighted by Crippen LogP contribution is -2.36. The molecule has 7 nitrogen and oxygen atoms in total. The third-order valence-corrected chi connectivity index (χ3v) is 5.12. The van der Waals surface area contributed by atoms with Gasteiger partial charge in [0.2, 0.25) is 5.91 Å². The van der Waals surface area contributed by atoms with Crippen molar-refractivity contribution in [2.75, 3.05) is 36.5 Å². The zero-order chi connectivity index (χ0) is 18.8. The summed E-state index contributed by atoms with van der Waals surface area (Å²) in [6.07, 6.45) is 1.17. The standard InChI is InChI=1S/C19H18N4O3S/c1-2-16(25)20-13-9-12(10-14(24)11-13)18-21-15-3-8-27-17(15)19(22-18)23-4-6-26-7-5-23/h2-3,8-11,24H,1,4-7H2,(H,20,25). The zero-order valence-electron chi connectivity index (χ0n) is 14.5. The van der Waals surface area contributed by atoms with E-state index in [-0.39, 0.29) is 11.7 Å². The first-order chi connectivity index (χ1) is 13.1. The van der Waals surface area contributed by atoms with Crippen molar-refractivity contribution in [3.05, 3.63) is 42.3 Å². The van der Waals surface area contributed by atoms with Crippen molar-refractivity contribution < 1.29 is 14.6 Å². The number of thiophene rings is 1. The summed E-state index contributed by atoms with van der Waals surface area (Å²) in [5.74, 6) is 1.03. The summed E-state index contributed by atoms with van der Waals surface area (Å²) in [6.45, 7) is 6.30. The molecule has 3 aromatic rings. The fraction of sp³-hybridized carbons (Fsp3) is 0.211. The number of amides is 1. The highest BCUT2D eigenvalue weighted by Crippen LogP contribution is 2.33. The van der Waals surface area contributed by atoms with Gasteiger partial charge >= 0.3 is 0 Å². The van der Waals surface area contributed by atoms with Crippen LogP contribution >= 0.6 is 11.3 Å². The Balaban J connectivity index is 1.79. The van der Waals surface area contributed by atoms with E-state index in [1.54, 1.807) is 23.5 Å². The van der Waals surface area contributed by atoms with Crippen LogP contribution in [-0.4, -0.2) is 47.3 Å². The Labute approximate surface area is 159 Å². The van der Waals surface area contributed by atoms with E-state index in [0.29, 0.717) is 30.3 Å². The first-order valence-corrected chi connectivity index (χ1v) is 9.38. The molecule has 0 bridgehead atoms. The second-order valence-electron chi connectivity index (χ2n) is 6.07. The highest BCUT2D eigenvalue weighted by atomic mass is 32.1. The van der Waals surface area contributed by atoms with Gasteiger partial charge in [0.15, 0.2) is 11.6 Å². The Morgan fingerprint density at radius 1 is 1.30 bits per heavy atom. The zero-order valence-corrected chi connectivity index (χ0v) is 15.3. The van der Waals surface area contributed by atoms with Gasteiger partial charge in [-0.3, -0.25) is 4.79 Å². The molecule has 138 valence electrons. The Kier molecular flexibility index (Phi) is 4.74. The molecule has 1 saturated heterocycles. The number of hydrogen-bond acceptors (Lipinski definition) is 7. The molecule has 2 N–H and O–H groups in total. The van der Waals surface area contributed by atoms with Gasteiger partial charge in [0.1, 0.15) is 5.75 Å². The number of phenols is 1. The Morgan fingerprint density at radius 3 is 2.89 bits per heavy atom. The minimum absolute atomic E-state index is 0.0220. The third-order valence-electron chi connectivity index (χ3n) is 4.23. The van der Waals surface area contributed by atoms with Crippen molar-refractivity contribution in [1.29, 1.82) is 0 Å². The summed E-state index contributed by atoms with van der Waals surface area (Å²) in [7, 11) is 0. The molecule has 1 aliphatic rings. The molecule has 0 radical (unpaired) electrons. The normalized spacial score (nSPS) is 14.3. The van der Waals surface area contributed by atoms with E-state index in [4.69, 9.17) is 9.72 Å². The molecule has 4 rings (SSSR count). The maximum Gasteiger partial charge on any atom is 0.247 e. The molecule has 1 fully saturated rings. The van der Waals surface area contributed by atoms with Crippen molar-refractivity contribution in [3.63, 3.8) is 0 Å². The van der Waals surface area contributed by atoms with E-state index in [2.05, 4.69) is 21.8 Å². The number of aromatic hydroxyl groups is 1. The first kappa shape index (κ1) is 17.4. The topological polar surface area (TPSA) is 87.6 Å². The monoisotopic (exact) mass is 382 g/mol. The number of fused-ring (bicyclic) bond motifs is 1. The molecule has 1 aromatic carbocycles. The fourth-order valence-corrected chi connectivity index (χ4v) is 3.82. The molecule has 1 aliphatic heterocycles. The number of rotatable bonds is 4. The molecule has 1 amide bonds. The third kappa shape index (κ3) is 3.62. The number of nitrogens with one attached hydrogen (secondary N) is 1. The number of hydrogen-bond donors (Lipinski definition) is 2. The van der Waals surface area contributed by atoms with Gasteiger partial charge < -0.3 is 20.1 Å². The van der Waals surface area contributed by atoms with Gasteiger partial charge in [-0.25, -0.2) is 9.97 Å². The average Bonchev–Trinajstić information content (AvgIpc) is 3.16. The molecule has 0 saturated carbocycles. The number of morpholine rings is 1. The number of carbonyl (C=O) groups is 1. The van der Waals surface area contributed by atoms with Crippen LogP contribution in [0.4, 0.5) is 11.5 Å². The van der Waals surface area contributed by atoms with Crippen LogP contribution < -0.4 is 10.2 Å². The summed E-state index contributed by atoms with van der Waals surface area (Å²) in [4.78, 5) is 23.2. The van der Waals surface area contributed by atoms with Crippen molar-refractivity contribution >= 4 is 39.0 Å². The SMILES string of the molecule is C=CC(=O)Nc1cc(O)cc(-c2nc(N3CCOCC3)c3sccc3n2)c1. The maximum atomic E-state index is 11.6. The van der Waals surface area contributed by atoms with Gasteiger partial charge in [-0.1, -0.05) is 6.58 Å². The lowest BCUT2D eigenvalue weighted by atomic mass is 10.1. The smallest absolute Gasteiger partial charge is 0.247 e. The predicted octanol–water partition coefficient (Wildman–Crippen LogP) is 3.03. The minimum Gasteiger partial charge on any atom is -0.508 e. The average molecular weight is 382 g/mol. The van der Waals surface area contributed by atoms with Crippen molar-refractivity contribution in [2.24, 2.45) is 0 Å². The number of phenolic OH excluding ortho intramolecular Hbond substituents is 1. The van der Waals surface area contributed by atoms with E-state index < -0.39 is 0 Å². The largest absolute Gasteiger partial charge is 0.508 e. The van der Waals surface area contributed by atoms with Crippen LogP contribution in [0.5, 0.6) is 5.75 Å². The number of nitrogens with zero attached hydrogens (tertiary/aromatic N) is 3. The summed E-state index contributed by atoms with van der Waals surface area (Å²) in [6, 6.07) is 6.74. The number of benzene rings is 1.